The maximum absolute atomic E-state index is 11.8. The lowest BCUT2D eigenvalue weighted by molar-refractivity contribution is 0.00479. The van der Waals surface area contributed by atoms with E-state index in [0.29, 0.717) is 6.04 Å². The molecule has 116 valence electrons. The van der Waals surface area contributed by atoms with Crippen LogP contribution in [-0.4, -0.2) is 42.3 Å². The van der Waals surface area contributed by atoms with Gasteiger partial charge in [0.1, 0.15) is 5.60 Å². The van der Waals surface area contributed by atoms with Gasteiger partial charge in [-0.2, -0.15) is 0 Å². The van der Waals surface area contributed by atoms with Crippen molar-refractivity contribution < 1.29 is 9.53 Å². The van der Waals surface area contributed by atoms with E-state index in [2.05, 4.69) is 12.2 Å². The second-order valence-electron chi connectivity index (χ2n) is 7.63. The van der Waals surface area contributed by atoms with Gasteiger partial charge in [0.2, 0.25) is 0 Å². The number of amides is 1. The first-order valence-corrected chi connectivity index (χ1v) is 8.05. The van der Waals surface area contributed by atoms with Gasteiger partial charge in [-0.25, -0.2) is 4.79 Å². The summed E-state index contributed by atoms with van der Waals surface area (Å²) in [5.74, 6) is 1.71. The summed E-state index contributed by atoms with van der Waals surface area (Å²) >= 11 is 0. The Balaban J connectivity index is 1.61. The SMILES string of the molecule is CC1CCCC(CNC2CN(C(=O)OC(C)(C)C)C2)C1. The molecule has 0 bridgehead atoms. The molecule has 4 nitrogen and oxygen atoms in total. The molecule has 1 amide bonds. The third-order valence-corrected chi connectivity index (χ3v) is 4.27. The number of rotatable bonds is 3. The fourth-order valence-corrected chi connectivity index (χ4v) is 3.16. The van der Waals surface area contributed by atoms with Crippen molar-refractivity contribution in [2.75, 3.05) is 19.6 Å². The zero-order valence-electron chi connectivity index (χ0n) is 13.4. The van der Waals surface area contributed by atoms with Gasteiger partial charge in [-0.1, -0.05) is 19.8 Å². The lowest BCUT2D eigenvalue weighted by atomic mass is 9.82. The molecule has 1 aliphatic carbocycles. The molecule has 0 aromatic heterocycles. The van der Waals surface area contributed by atoms with Crippen LogP contribution in [0.2, 0.25) is 0 Å². The van der Waals surface area contributed by atoms with Gasteiger partial charge in [-0.05, 0) is 52.0 Å². The average molecular weight is 282 g/mol. The Bertz CT molecular complexity index is 332. The molecule has 20 heavy (non-hydrogen) atoms. The maximum atomic E-state index is 11.8. The van der Waals surface area contributed by atoms with Crippen LogP contribution >= 0.6 is 0 Å². The van der Waals surface area contributed by atoms with Crippen LogP contribution in [0.4, 0.5) is 4.79 Å². The smallest absolute Gasteiger partial charge is 0.410 e. The summed E-state index contributed by atoms with van der Waals surface area (Å²) in [5.41, 5.74) is -0.395. The van der Waals surface area contributed by atoms with Crippen LogP contribution in [0.25, 0.3) is 0 Å². The molecule has 1 N–H and O–H groups in total. The van der Waals surface area contributed by atoms with E-state index in [1.54, 1.807) is 4.90 Å². The first-order chi connectivity index (χ1) is 9.33. The molecule has 0 radical (unpaired) electrons. The van der Waals surface area contributed by atoms with Gasteiger partial charge in [0.15, 0.2) is 0 Å². The van der Waals surface area contributed by atoms with Crippen molar-refractivity contribution in [2.45, 2.75) is 65.0 Å². The lowest BCUT2D eigenvalue weighted by Gasteiger charge is -2.41. The first-order valence-electron chi connectivity index (χ1n) is 8.05. The summed E-state index contributed by atoms with van der Waals surface area (Å²) < 4.78 is 5.36. The number of carbonyl (C=O) groups is 1. The minimum Gasteiger partial charge on any atom is -0.444 e. The molecule has 2 unspecified atom stereocenters. The second kappa shape index (κ2) is 6.33. The molecule has 2 aliphatic rings. The topological polar surface area (TPSA) is 41.6 Å². The third-order valence-electron chi connectivity index (χ3n) is 4.27. The molecule has 1 aliphatic heterocycles. The quantitative estimate of drug-likeness (QED) is 0.865. The summed E-state index contributed by atoms with van der Waals surface area (Å²) in [7, 11) is 0. The van der Waals surface area contributed by atoms with Crippen LogP contribution in [0, 0.1) is 11.8 Å². The van der Waals surface area contributed by atoms with E-state index in [0.717, 1.165) is 31.5 Å². The molecule has 0 spiro atoms. The first kappa shape index (κ1) is 15.6. The van der Waals surface area contributed by atoms with Gasteiger partial charge >= 0.3 is 6.09 Å². The number of carbonyl (C=O) groups excluding carboxylic acids is 1. The molecule has 0 aromatic rings. The van der Waals surface area contributed by atoms with Crippen molar-refractivity contribution in [2.24, 2.45) is 11.8 Å². The summed E-state index contributed by atoms with van der Waals surface area (Å²) in [5, 5.41) is 3.61. The molecule has 2 rings (SSSR count). The van der Waals surface area contributed by atoms with Crippen LogP contribution in [0.3, 0.4) is 0 Å². The van der Waals surface area contributed by atoms with Gasteiger partial charge in [-0.15, -0.1) is 0 Å². The van der Waals surface area contributed by atoms with E-state index in [1.165, 1.54) is 25.7 Å². The minimum absolute atomic E-state index is 0.179. The minimum atomic E-state index is -0.395. The van der Waals surface area contributed by atoms with E-state index in [1.807, 2.05) is 20.8 Å². The molecule has 1 saturated carbocycles. The standard InChI is InChI=1S/C16H30N2O2/c1-12-6-5-7-13(8-12)9-17-14-10-18(11-14)15(19)20-16(2,3)4/h12-14,17H,5-11H2,1-4H3. The van der Waals surface area contributed by atoms with E-state index in [4.69, 9.17) is 4.74 Å². The monoisotopic (exact) mass is 282 g/mol. The Kier molecular flexibility index (Phi) is 4.95. The molecule has 0 aromatic carbocycles. The van der Waals surface area contributed by atoms with Crippen molar-refractivity contribution in [1.82, 2.24) is 10.2 Å². The average Bonchev–Trinajstić information content (AvgIpc) is 2.24. The normalized spacial score (nSPS) is 28.1. The highest BCUT2D eigenvalue weighted by Crippen LogP contribution is 2.28. The highest BCUT2D eigenvalue weighted by Gasteiger charge is 2.33. The maximum Gasteiger partial charge on any atom is 0.410 e. The fourth-order valence-electron chi connectivity index (χ4n) is 3.16. The van der Waals surface area contributed by atoms with Crippen LogP contribution < -0.4 is 5.32 Å². The van der Waals surface area contributed by atoms with Crippen molar-refractivity contribution in [3.63, 3.8) is 0 Å². The number of nitrogens with zero attached hydrogens (tertiary/aromatic N) is 1. The highest BCUT2D eigenvalue weighted by molar-refractivity contribution is 5.69. The van der Waals surface area contributed by atoms with Gasteiger partial charge in [0.05, 0.1) is 0 Å². The van der Waals surface area contributed by atoms with Crippen LogP contribution in [0.1, 0.15) is 53.4 Å². The number of hydrogen-bond acceptors (Lipinski definition) is 3. The molecule has 2 fully saturated rings. The number of hydrogen-bond donors (Lipinski definition) is 1. The predicted octanol–water partition coefficient (Wildman–Crippen LogP) is 3.02. The Hall–Kier alpha value is -0.770. The molecule has 4 heteroatoms. The zero-order valence-corrected chi connectivity index (χ0v) is 13.4. The van der Waals surface area contributed by atoms with Gasteiger partial charge in [0, 0.05) is 19.1 Å². The predicted molar refractivity (Wildman–Crippen MR) is 80.7 cm³/mol. The Morgan fingerprint density at radius 3 is 2.60 bits per heavy atom. The van der Waals surface area contributed by atoms with Crippen molar-refractivity contribution in [1.29, 1.82) is 0 Å². The van der Waals surface area contributed by atoms with Crippen LogP contribution in [0.15, 0.2) is 0 Å². The number of ether oxygens (including phenoxy) is 1. The Morgan fingerprint density at radius 1 is 1.30 bits per heavy atom. The highest BCUT2D eigenvalue weighted by atomic mass is 16.6. The van der Waals surface area contributed by atoms with Crippen molar-refractivity contribution in [3.05, 3.63) is 0 Å². The number of nitrogens with one attached hydrogen (secondary N) is 1. The summed E-state index contributed by atoms with van der Waals surface area (Å²) in [6.45, 7) is 10.8. The van der Waals surface area contributed by atoms with E-state index in [-0.39, 0.29) is 6.09 Å². The lowest BCUT2D eigenvalue weighted by Crippen LogP contribution is -2.61. The van der Waals surface area contributed by atoms with Crippen LogP contribution in [0.5, 0.6) is 0 Å². The molecular weight excluding hydrogens is 252 g/mol. The molecular formula is C16H30N2O2. The van der Waals surface area contributed by atoms with E-state index < -0.39 is 5.60 Å². The largest absolute Gasteiger partial charge is 0.444 e. The third kappa shape index (κ3) is 4.65. The molecule has 2 atom stereocenters. The van der Waals surface area contributed by atoms with Crippen LogP contribution in [-0.2, 0) is 4.74 Å². The molecule has 1 heterocycles. The Morgan fingerprint density at radius 2 is 2.00 bits per heavy atom. The zero-order chi connectivity index (χ0) is 14.8. The summed E-state index contributed by atoms with van der Waals surface area (Å²) in [4.78, 5) is 13.6. The second-order valence-corrected chi connectivity index (χ2v) is 7.63. The summed E-state index contributed by atoms with van der Waals surface area (Å²) in [6, 6.07) is 0.458. The van der Waals surface area contributed by atoms with E-state index in [9.17, 15) is 4.79 Å². The van der Waals surface area contributed by atoms with Gasteiger partial charge in [0.25, 0.3) is 0 Å². The molecule has 1 saturated heterocycles. The number of likely N-dealkylation sites (tertiary alicyclic amines) is 1. The van der Waals surface area contributed by atoms with E-state index >= 15 is 0 Å². The summed E-state index contributed by atoms with van der Waals surface area (Å²) in [6.07, 6.45) is 5.31. The van der Waals surface area contributed by atoms with Crippen molar-refractivity contribution >= 4 is 6.09 Å². The van der Waals surface area contributed by atoms with Gasteiger partial charge in [-0.3, -0.25) is 0 Å². The fraction of sp³-hybridized carbons (Fsp3) is 0.938. The van der Waals surface area contributed by atoms with Gasteiger partial charge < -0.3 is 15.0 Å². The van der Waals surface area contributed by atoms with Crippen molar-refractivity contribution in [3.8, 4) is 0 Å². The Labute approximate surface area is 123 Å².